The summed E-state index contributed by atoms with van der Waals surface area (Å²) < 4.78 is 15.9. The largest absolute Gasteiger partial charge is 0.463 e. The van der Waals surface area contributed by atoms with Crippen molar-refractivity contribution in [2.75, 3.05) is 45.9 Å². The summed E-state index contributed by atoms with van der Waals surface area (Å²) in [4.78, 5) is 68.4. The average molecular weight is 561 g/mol. The molecule has 2 amide bonds. The Balaban J connectivity index is 2.60. The molecule has 1 saturated heterocycles. The quantitative estimate of drug-likeness (QED) is 0.160. The number of nitrogens with zero attached hydrogens (tertiary/aromatic N) is 3. The Morgan fingerprint density at radius 3 is 2.00 bits per heavy atom. The molecule has 14 nitrogen and oxygen atoms in total. The summed E-state index contributed by atoms with van der Waals surface area (Å²) in [6.45, 7) is 15.4. The van der Waals surface area contributed by atoms with E-state index in [0.29, 0.717) is 32.7 Å². The van der Waals surface area contributed by atoms with Crippen molar-refractivity contribution in [1.82, 2.24) is 15.1 Å². The Morgan fingerprint density at radius 1 is 0.923 bits per heavy atom. The Bertz CT molecular complexity index is 871. The highest BCUT2D eigenvalue weighted by Gasteiger charge is 2.35. The van der Waals surface area contributed by atoms with Crippen molar-refractivity contribution < 1.29 is 43.3 Å². The number of piperazine rings is 1. The third-order valence-corrected chi connectivity index (χ3v) is 5.45. The Hall–Kier alpha value is -3.16. The molecule has 0 aromatic carbocycles. The minimum Gasteiger partial charge on any atom is -0.463 e. The number of alkyl carbamates (subject to hydrolysis) is 1. The van der Waals surface area contributed by atoms with Crippen LogP contribution in [0.25, 0.3) is 0 Å². The number of carbonyl (C=O) groups excluding carboxylic acids is 4. The number of amides is 2. The second kappa shape index (κ2) is 14.3. The van der Waals surface area contributed by atoms with Gasteiger partial charge < -0.3 is 29.3 Å². The SMILES string of the molecule is CC(C)(C)OC(=O)CC[C@H](NC(=O)OC(C)(C)C)C(=O)OCCN1CCN(C(=O)C(C)(C)CO[N+](=O)[O-])CC1. The first-order valence-electron chi connectivity index (χ1n) is 13.0. The van der Waals surface area contributed by atoms with E-state index in [2.05, 4.69) is 10.2 Å². The maximum Gasteiger partial charge on any atom is 0.408 e. The number of rotatable bonds is 12. The van der Waals surface area contributed by atoms with E-state index in [1.807, 2.05) is 4.90 Å². The predicted octanol–water partition coefficient (Wildman–Crippen LogP) is 1.92. The Kier molecular flexibility index (Phi) is 12.4. The maximum absolute atomic E-state index is 12.8. The molecule has 0 aliphatic carbocycles. The molecule has 0 radical (unpaired) electrons. The fraction of sp³-hybridized carbons (Fsp3) is 0.840. The van der Waals surface area contributed by atoms with Gasteiger partial charge in [-0.25, -0.2) is 9.59 Å². The van der Waals surface area contributed by atoms with Gasteiger partial charge in [0, 0.05) is 39.1 Å². The van der Waals surface area contributed by atoms with Crippen molar-refractivity contribution in [3.05, 3.63) is 10.1 Å². The van der Waals surface area contributed by atoms with E-state index in [4.69, 9.17) is 14.2 Å². The van der Waals surface area contributed by atoms with Crippen LogP contribution in [0.15, 0.2) is 0 Å². The van der Waals surface area contributed by atoms with Crippen molar-refractivity contribution >= 4 is 23.9 Å². The van der Waals surface area contributed by atoms with Crippen LogP contribution in [0.3, 0.4) is 0 Å². The molecule has 0 bridgehead atoms. The van der Waals surface area contributed by atoms with Crippen LogP contribution in [0.1, 0.15) is 68.2 Å². The van der Waals surface area contributed by atoms with Gasteiger partial charge in [0.15, 0.2) is 0 Å². The molecule has 0 aromatic rings. The van der Waals surface area contributed by atoms with Gasteiger partial charge in [0.2, 0.25) is 5.91 Å². The second-order valence-electron chi connectivity index (χ2n) is 12.0. The number of ether oxygens (including phenoxy) is 3. The van der Waals surface area contributed by atoms with E-state index in [1.54, 1.807) is 60.3 Å². The fourth-order valence-electron chi connectivity index (χ4n) is 3.61. The van der Waals surface area contributed by atoms with E-state index >= 15 is 0 Å². The summed E-state index contributed by atoms with van der Waals surface area (Å²) in [6.07, 6.45) is -0.934. The zero-order valence-electron chi connectivity index (χ0n) is 24.4. The lowest BCUT2D eigenvalue weighted by Crippen LogP contribution is -2.53. The summed E-state index contributed by atoms with van der Waals surface area (Å²) >= 11 is 0. The third kappa shape index (κ3) is 14.0. The molecule has 224 valence electrons. The minimum atomic E-state index is -1.11. The molecule has 0 saturated carbocycles. The van der Waals surface area contributed by atoms with Gasteiger partial charge in [-0.15, -0.1) is 10.1 Å². The van der Waals surface area contributed by atoms with Gasteiger partial charge in [0.1, 0.15) is 30.5 Å². The van der Waals surface area contributed by atoms with Crippen LogP contribution in [-0.4, -0.2) is 102 Å². The van der Waals surface area contributed by atoms with Gasteiger partial charge in [-0.3, -0.25) is 14.5 Å². The number of nitrogens with one attached hydrogen (secondary N) is 1. The molecule has 14 heteroatoms. The Morgan fingerprint density at radius 2 is 1.49 bits per heavy atom. The first-order chi connectivity index (χ1) is 17.8. The molecular formula is C25H44N4O10. The van der Waals surface area contributed by atoms with Gasteiger partial charge >= 0.3 is 18.0 Å². The highest BCUT2D eigenvalue weighted by atomic mass is 16.9. The number of carbonyl (C=O) groups is 4. The molecule has 1 fully saturated rings. The number of esters is 2. The van der Waals surface area contributed by atoms with Crippen molar-refractivity contribution in [2.24, 2.45) is 5.41 Å². The molecule has 0 spiro atoms. The van der Waals surface area contributed by atoms with E-state index in [9.17, 15) is 29.3 Å². The number of hydrogen-bond donors (Lipinski definition) is 1. The predicted molar refractivity (Wildman–Crippen MR) is 139 cm³/mol. The smallest absolute Gasteiger partial charge is 0.408 e. The zero-order valence-corrected chi connectivity index (χ0v) is 24.4. The third-order valence-electron chi connectivity index (χ3n) is 5.45. The molecule has 1 atom stereocenters. The van der Waals surface area contributed by atoms with Crippen LogP contribution >= 0.6 is 0 Å². The maximum atomic E-state index is 12.8. The van der Waals surface area contributed by atoms with Crippen LogP contribution in [-0.2, 0) is 33.4 Å². The van der Waals surface area contributed by atoms with Crippen molar-refractivity contribution in [3.63, 3.8) is 0 Å². The summed E-state index contributed by atoms with van der Waals surface area (Å²) in [7, 11) is 0. The lowest BCUT2D eigenvalue weighted by Gasteiger charge is -2.38. The lowest BCUT2D eigenvalue weighted by atomic mass is 9.92. The zero-order chi connectivity index (χ0) is 30.0. The second-order valence-corrected chi connectivity index (χ2v) is 12.0. The summed E-state index contributed by atoms with van der Waals surface area (Å²) in [6, 6.07) is -1.11. The normalized spacial score (nSPS) is 15.6. The van der Waals surface area contributed by atoms with Crippen LogP contribution in [0.2, 0.25) is 0 Å². The molecule has 0 unspecified atom stereocenters. The molecule has 1 N–H and O–H groups in total. The molecule has 1 heterocycles. The molecule has 1 rings (SSSR count). The Labute approximate surface area is 229 Å². The molecular weight excluding hydrogens is 516 g/mol. The number of hydrogen-bond acceptors (Lipinski definition) is 11. The monoisotopic (exact) mass is 560 g/mol. The van der Waals surface area contributed by atoms with Crippen LogP contribution in [0, 0.1) is 15.5 Å². The highest BCUT2D eigenvalue weighted by molar-refractivity contribution is 5.83. The fourth-order valence-corrected chi connectivity index (χ4v) is 3.61. The average Bonchev–Trinajstić information content (AvgIpc) is 2.78. The van der Waals surface area contributed by atoms with Crippen LogP contribution in [0.4, 0.5) is 4.79 Å². The summed E-state index contributed by atoms with van der Waals surface area (Å²) in [5.41, 5.74) is -2.50. The topological polar surface area (TPSA) is 167 Å². The van der Waals surface area contributed by atoms with E-state index < -0.39 is 45.8 Å². The lowest BCUT2D eigenvalue weighted by molar-refractivity contribution is -0.760. The summed E-state index contributed by atoms with van der Waals surface area (Å²) in [5, 5.41) is 12.0. The van der Waals surface area contributed by atoms with Crippen molar-refractivity contribution in [1.29, 1.82) is 0 Å². The van der Waals surface area contributed by atoms with Gasteiger partial charge in [-0.1, -0.05) is 0 Å². The first kappa shape index (κ1) is 33.9. The van der Waals surface area contributed by atoms with E-state index in [1.165, 1.54) is 0 Å². The summed E-state index contributed by atoms with van der Waals surface area (Å²) in [5.74, 6) is -1.45. The van der Waals surface area contributed by atoms with Crippen LogP contribution in [0.5, 0.6) is 0 Å². The first-order valence-corrected chi connectivity index (χ1v) is 13.0. The van der Waals surface area contributed by atoms with Gasteiger partial charge in [-0.05, 0) is 61.8 Å². The molecule has 1 aliphatic rings. The minimum absolute atomic E-state index is 0.0241. The molecule has 1 aliphatic heterocycles. The van der Waals surface area contributed by atoms with Gasteiger partial charge in [-0.2, -0.15) is 0 Å². The molecule has 0 aromatic heterocycles. The molecule has 39 heavy (non-hydrogen) atoms. The van der Waals surface area contributed by atoms with Crippen LogP contribution < -0.4 is 5.32 Å². The van der Waals surface area contributed by atoms with Gasteiger partial charge in [0.25, 0.3) is 5.09 Å². The highest BCUT2D eigenvalue weighted by Crippen LogP contribution is 2.21. The van der Waals surface area contributed by atoms with Crippen molar-refractivity contribution in [3.8, 4) is 0 Å². The standard InChI is InChI=1S/C25H44N4O10/c1-23(2,3)38-19(30)10-9-18(26-22(33)39-24(4,5)6)20(31)36-16-15-27-11-13-28(14-12-27)21(32)25(7,8)17-37-29(34)35/h18H,9-17H2,1-8H3,(H,26,33)/t18-/m0/s1. The van der Waals surface area contributed by atoms with E-state index in [0.717, 1.165) is 0 Å². The van der Waals surface area contributed by atoms with Crippen molar-refractivity contribution in [2.45, 2.75) is 85.5 Å². The van der Waals surface area contributed by atoms with Gasteiger partial charge in [0.05, 0.1) is 5.41 Å². The van der Waals surface area contributed by atoms with E-state index in [-0.39, 0.29) is 32.0 Å².